The molecule has 1 aliphatic heterocycles. The summed E-state index contributed by atoms with van der Waals surface area (Å²) in [6, 6.07) is 7.80. The molecule has 2 amide bonds. The highest BCUT2D eigenvalue weighted by Crippen LogP contribution is 2.24. The van der Waals surface area contributed by atoms with Crippen molar-refractivity contribution in [2.75, 3.05) is 24.2 Å². The van der Waals surface area contributed by atoms with Gasteiger partial charge < -0.3 is 15.3 Å². The van der Waals surface area contributed by atoms with E-state index in [1.165, 1.54) is 5.56 Å². The number of likely N-dealkylation sites (tertiary alicyclic amines) is 1. The second-order valence-electron chi connectivity index (χ2n) is 5.48. The van der Waals surface area contributed by atoms with Crippen molar-refractivity contribution in [1.82, 2.24) is 4.90 Å². The fourth-order valence-electron chi connectivity index (χ4n) is 2.69. The molecule has 0 bridgehead atoms. The number of anilines is 1. The Bertz CT molecular complexity index is 481. The van der Waals surface area contributed by atoms with Gasteiger partial charge in [-0.25, -0.2) is 4.79 Å². The predicted molar refractivity (Wildman–Crippen MR) is 88.7 cm³/mol. The zero-order chi connectivity index (χ0) is 15.2. The number of benzene rings is 1. The lowest BCUT2D eigenvalue weighted by molar-refractivity contribution is 0.152. The summed E-state index contributed by atoms with van der Waals surface area (Å²) in [7, 11) is 0. The van der Waals surface area contributed by atoms with Gasteiger partial charge in [-0.05, 0) is 35.8 Å². The number of carbonyl (C=O) groups is 1. The SMILES string of the molecule is CCSCc1cccc(NC(=O)N2CC[C@@H](C)[C@@H]2CO)c1. The minimum Gasteiger partial charge on any atom is -0.394 e. The van der Waals surface area contributed by atoms with Gasteiger partial charge in [0.2, 0.25) is 0 Å². The molecular weight excluding hydrogens is 284 g/mol. The molecule has 116 valence electrons. The van der Waals surface area contributed by atoms with Crippen molar-refractivity contribution in [2.24, 2.45) is 5.92 Å². The molecule has 4 nitrogen and oxygen atoms in total. The average molecular weight is 308 g/mol. The number of amides is 2. The maximum absolute atomic E-state index is 12.4. The molecule has 2 rings (SSSR count). The first kappa shape index (κ1) is 16.2. The van der Waals surface area contributed by atoms with Crippen molar-refractivity contribution >= 4 is 23.5 Å². The maximum Gasteiger partial charge on any atom is 0.322 e. The van der Waals surface area contributed by atoms with E-state index in [4.69, 9.17) is 0 Å². The van der Waals surface area contributed by atoms with Crippen molar-refractivity contribution < 1.29 is 9.90 Å². The molecule has 21 heavy (non-hydrogen) atoms. The number of aliphatic hydroxyl groups is 1. The molecule has 2 atom stereocenters. The third-order valence-electron chi connectivity index (χ3n) is 3.98. The Hall–Kier alpha value is -1.20. The largest absolute Gasteiger partial charge is 0.394 e. The molecule has 1 aromatic rings. The third-order valence-corrected chi connectivity index (χ3v) is 4.93. The van der Waals surface area contributed by atoms with Gasteiger partial charge in [0.15, 0.2) is 0 Å². The standard InChI is InChI=1S/C16H24N2O2S/c1-3-21-11-13-5-4-6-14(9-13)17-16(20)18-8-7-12(2)15(18)10-19/h4-6,9,12,15,19H,3,7-8,10-11H2,1-2H3,(H,17,20)/t12-,15+/m1/s1. The van der Waals surface area contributed by atoms with Crippen LogP contribution in [0.3, 0.4) is 0 Å². The van der Waals surface area contributed by atoms with E-state index in [2.05, 4.69) is 25.2 Å². The van der Waals surface area contributed by atoms with Crippen molar-refractivity contribution in [3.05, 3.63) is 29.8 Å². The van der Waals surface area contributed by atoms with Crippen molar-refractivity contribution in [2.45, 2.75) is 32.1 Å². The van der Waals surface area contributed by atoms with E-state index in [1.54, 1.807) is 4.90 Å². The molecular formula is C16H24N2O2S. The number of nitrogens with zero attached hydrogens (tertiary/aromatic N) is 1. The van der Waals surface area contributed by atoms with Crippen LogP contribution in [-0.4, -0.2) is 41.0 Å². The van der Waals surface area contributed by atoms with Gasteiger partial charge in [-0.2, -0.15) is 11.8 Å². The van der Waals surface area contributed by atoms with Gasteiger partial charge >= 0.3 is 6.03 Å². The second kappa shape index (κ2) is 7.71. The van der Waals surface area contributed by atoms with Crippen LogP contribution < -0.4 is 5.32 Å². The lowest BCUT2D eigenvalue weighted by Crippen LogP contribution is -2.42. The minimum atomic E-state index is -0.112. The van der Waals surface area contributed by atoms with Crippen LogP contribution in [0.1, 0.15) is 25.8 Å². The second-order valence-corrected chi connectivity index (χ2v) is 6.75. The van der Waals surface area contributed by atoms with Crippen LogP contribution >= 0.6 is 11.8 Å². The molecule has 2 N–H and O–H groups in total. The number of aliphatic hydroxyl groups excluding tert-OH is 1. The van der Waals surface area contributed by atoms with E-state index in [-0.39, 0.29) is 18.7 Å². The Morgan fingerprint density at radius 1 is 1.52 bits per heavy atom. The molecule has 0 saturated carbocycles. The van der Waals surface area contributed by atoms with Crippen LogP contribution in [0.25, 0.3) is 0 Å². The maximum atomic E-state index is 12.4. The molecule has 0 aliphatic carbocycles. The molecule has 1 fully saturated rings. The molecule has 5 heteroatoms. The normalized spacial score (nSPS) is 21.6. The molecule has 1 aliphatic rings. The highest BCUT2D eigenvalue weighted by molar-refractivity contribution is 7.98. The monoisotopic (exact) mass is 308 g/mol. The van der Waals surface area contributed by atoms with Crippen LogP contribution in [0.15, 0.2) is 24.3 Å². The highest BCUT2D eigenvalue weighted by atomic mass is 32.2. The van der Waals surface area contributed by atoms with Gasteiger partial charge in [0.1, 0.15) is 0 Å². The number of nitrogens with one attached hydrogen (secondary N) is 1. The zero-order valence-electron chi connectivity index (χ0n) is 12.7. The summed E-state index contributed by atoms with van der Waals surface area (Å²) in [5.74, 6) is 2.40. The third kappa shape index (κ3) is 4.14. The Labute approximate surface area is 130 Å². The average Bonchev–Trinajstić information content (AvgIpc) is 2.86. The van der Waals surface area contributed by atoms with Crippen LogP contribution in [0.5, 0.6) is 0 Å². The first-order chi connectivity index (χ1) is 10.2. The molecule has 1 heterocycles. The van der Waals surface area contributed by atoms with E-state index >= 15 is 0 Å². The Morgan fingerprint density at radius 3 is 3.05 bits per heavy atom. The molecule has 1 aromatic carbocycles. The van der Waals surface area contributed by atoms with E-state index in [0.29, 0.717) is 12.5 Å². The molecule has 0 radical (unpaired) electrons. The number of hydrogen-bond acceptors (Lipinski definition) is 3. The van der Waals surface area contributed by atoms with Crippen molar-refractivity contribution in [3.63, 3.8) is 0 Å². The first-order valence-electron chi connectivity index (χ1n) is 7.50. The first-order valence-corrected chi connectivity index (χ1v) is 8.66. The Kier molecular flexibility index (Phi) is 5.94. The van der Waals surface area contributed by atoms with Crippen LogP contribution in [0, 0.1) is 5.92 Å². The van der Waals surface area contributed by atoms with E-state index in [9.17, 15) is 9.90 Å². The highest BCUT2D eigenvalue weighted by Gasteiger charge is 2.33. The Balaban J connectivity index is 1.99. The molecule has 0 spiro atoms. The smallest absolute Gasteiger partial charge is 0.322 e. The summed E-state index contributed by atoms with van der Waals surface area (Å²) in [6.07, 6.45) is 0.950. The fourth-order valence-corrected chi connectivity index (χ4v) is 3.31. The number of carbonyl (C=O) groups excluding carboxylic acids is 1. The van der Waals surface area contributed by atoms with Crippen LogP contribution in [0.2, 0.25) is 0 Å². The molecule has 1 saturated heterocycles. The van der Waals surface area contributed by atoms with E-state index < -0.39 is 0 Å². The van der Waals surface area contributed by atoms with Gasteiger partial charge in [-0.1, -0.05) is 26.0 Å². The van der Waals surface area contributed by atoms with Gasteiger partial charge in [0.25, 0.3) is 0 Å². The zero-order valence-corrected chi connectivity index (χ0v) is 13.5. The Morgan fingerprint density at radius 2 is 2.33 bits per heavy atom. The summed E-state index contributed by atoms with van der Waals surface area (Å²) in [5.41, 5.74) is 2.04. The number of rotatable bonds is 5. The van der Waals surface area contributed by atoms with Crippen molar-refractivity contribution in [3.8, 4) is 0 Å². The quantitative estimate of drug-likeness (QED) is 0.878. The van der Waals surface area contributed by atoms with E-state index in [0.717, 1.165) is 23.6 Å². The molecule has 0 aromatic heterocycles. The lowest BCUT2D eigenvalue weighted by Gasteiger charge is -2.25. The summed E-state index contributed by atoms with van der Waals surface area (Å²) in [6.45, 7) is 4.96. The van der Waals surface area contributed by atoms with Crippen LogP contribution in [-0.2, 0) is 5.75 Å². The fraction of sp³-hybridized carbons (Fsp3) is 0.562. The number of hydrogen-bond donors (Lipinski definition) is 2. The van der Waals surface area contributed by atoms with Crippen molar-refractivity contribution in [1.29, 1.82) is 0 Å². The summed E-state index contributed by atoms with van der Waals surface area (Å²) >= 11 is 1.86. The van der Waals surface area contributed by atoms with E-state index in [1.807, 2.05) is 30.0 Å². The summed E-state index contributed by atoms with van der Waals surface area (Å²) in [4.78, 5) is 14.1. The lowest BCUT2D eigenvalue weighted by atomic mass is 10.0. The topological polar surface area (TPSA) is 52.6 Å². The van der Waals surface area contributed by atoms with Gasteiger partial charge in [-0.15, -0.1) is 0 Å². The number of thioether (sulfide) groups is 1. The summed E-state index contributed by atoms with van der Waals surface area (Å²) in [5, 5.41) is 12.4. The summed E-state index contributed by atoms with van der Waals surface area (Å²) < 4.78 is 0. The number of urea groups is 1. The molecule has 0 unspecified atom stereocenters. The van der Waals surface area contributed by atoms with Gasteiger partial charge in [-0.3, -0.25) is 0 Å². The van der Waals surface area contributed by atoms with Crippen LogP contribution in [0.4, 0.5) is 10.5 Å². The van der Waals surface area contributed by atoms with Gasteiger partial charge in [0.05, 0.1) is 12.6 Å². The predicted octanol–water partition coefficient (Wildman–Crippen LogP) is 3.17. The van der Waals surface area contributed by atoms with Gasteiger partial charge in [0, 0.05) is 18.0 Å². The minimum absolute atomic E-state index is 0.0295.